The Morgan fingerprint density at radius 1 is 1.33 bits per heavy atom. The number of amides is 1. The average molecular weight is 247 g/mol. The highest BCUT2D eigenvalue weighted by atomic mass is 16.5. The molecule has 1 aliphatic heterocycles. The van der Waals surface area contributed by atoms with Gasteiger partial charge in [-0.15, -0.1) is 0 Å². The van der Waals surface area contributed by atoms with E-state index in [2.05, 4.69) is 6.07 Å². The predicted octanol–water partition coefficient (Wildman–Crippen LogP) is 0.757. The Bertz CT molecular complexity index is 466. The third kappa shape index (κ3) is 2.20. The maximum absolute atomic E-state index is 11.7. The predicted molar refractivity (Wildman–Crippen MR) is 66.5 cm³/mol. The van der Waals surface area contributed by atoms with E-state index in [1.54, 1.807) is 4.90 Å². The molecule has 0 atom stereocenters. The number of hydrogen-bond acceptors (Lipinski definition) is 3. The van der Waals surface area contributed by atoms with Crippen molar-refractivity contribution in [1.29, 1.82) is 0 Å². The van der Waals surface area contributed by atoms with Crippen LogP contribution in [0, 0.1) is 0 Å². The van der Waals surface area contributed by atoms with Crippen molar-refractivity contribution in [3.05, 3.63) is 29.3 Å². The largest absolute Gasteiger partial charge is 0.484 e. The van der Waals surface area contributed by atoms with Crippen LogP contribution < -0.4 is 4.74 Å². The van der Waals surface area contributed by atoms with Crippen LogP contribution in [0.15, 0.2) is 18.2 Å². The quantitative estimate of drug-likeness (QED) is 0.857. The van der Waals surface area contributed by atoms with Gasteiger partial charge in [-0.25, -0.2) is 0 Å². The minimum atomic E-state index is -0.353. The zero-order chi connectivity index (χ0) is 12.5. The molecule has 1 fully saturated rings. The lowest BCUT2D eigenvalue weighted by molar-refractivity contribution is -0.143. The number of fused-ring (bicyclic) bond motifs is 1. The number of carbonyl (C=O) groups excluding carboxylic acids is 1. The second-order valence-corrected chi connectivity index (χ2v) is 5.03. The number of likely N-dealkylation sites (tertiary alicyclic amines) is 1. The van der Waals surface area contributed by atoms with Gasteiger partial charge in [0, 0.05) is 13.1 Å². The number of rotatable bonds is 3. The summed E-state index contributed by atoms with van der Waals surface area (Å²) in [5, 5.41) is 9.12. The fourth-order valence-corrected chi connectivity index (χ4v) is 2.53. The van der Waals surface area contributed by atoms with Gasteiger partial charge in [-0.2, -0.15) is 0 Å². The first-order chi connectivity index (χ1) is 8.72. The summed E-state index contributed by atoms with van der Waals surface area (Å²) in [6.45, 7) is 0.935. The highest BCUT2D eigenvalue weighted by Gasteiger charge is 2.28. The molecule has 0 bridgehead atoms. The number of benzene rings is 1. The second kappa shape index (κ2) is 4.61. The monoisotopic (exact) mass is 247 g/mol. The molecule has 1 amide bonds. The molecule has 1 aromatic carbocycles. The molecule has 1 heterocycles. The lowest BCUT2D eigenvalue weighted by Gasteiger charge is -2.35. The van der Waals surface area contributed by atoms with Crippen molar-refractivity contribution in [2.45, 2.75) is 25.4 Å². The number of nitrogens with zero attached hydrogens (tertiary/aromatic N) is 1. The van der Waals surface area contributed by atoms with Gasteiger partial charge in [0.1, 0.15) is 5.75 Å². The van der Waals surface area contributed by atoms with E-state index in [9.17, 15) is 4.79 Å². The van der Waals surface area contributed by atoms with E-state index < -0.39 is 0 Å². The Labute approximate surface area is 106 Å². The lowest BCUT2D eigenvalue weighted by Crippen LogP contribution is -2.54. The number of aliphatic hydroxyl groups is 1. The fraction of sp³-hybridized carbons (Fsp3) is 0.500. The van der Waals surface area contributed by atoms with Crippen LogP contribution in [0.1, 0.15) is 17.5 Å². The topological polar surface area (TPSA) is 49.8 Å². The van der Waals surface area contributed by atoms with Crippen molar-refractivity contribution in [3.63, 3.8) is 0 Å². The summed E-state index contributed by atoms with van der Waals surface area (Å²) in [7, 11) is 0. The molecule has 1 aromatic rings. The van der Waals surface area contributed by atoms with E-state index in [-0.39, 0.29) is 18.6 Å². The molecule has 0 unspecified atom stereocenters. The molecule has 0 spiro atoms. The molecular formula is C14H17NO3. The van der Waals surface area contributed by atoms with Crippen LogP contribution in [0.2, 0.25) is 0 Å². The first-order valence-corrected chi connectivity index (χ1v) is 6.43. The maximum Gasteiger partial charge on any atom is 0.260 e. The Morgan fingerprint density at radius 2 is 2.11 bits per heavy atom. The van der Waals surface area contributed by atoms with Gasteiger partial charge in [0.05, 0.1) is 6.10 Å². The van der Waals surface area contributed by atoms with Gasteiger partial charge in [0.25, 0.3) is 5.91 Å². The van der Waals surface area contributed by atoms with E-state index in [1.165, 1.54) is 17.5 Å². The first-order valence-electron chi connectivity index (χ1n) is 6.43. The molecule has 0 radical (unpaired) electrons. The second-order valence-electron chi connectivity index (χ2n) is 5.03. The van der Waals surface area contributed by atoms with Crippen molar-refractivity contribution in [3.8, 4) is 5.75 Å². The standard InChI is InChI=1S/C14H17NO3/c16-12-7-15(8-12)14(17)9-18-13-5-4-10-2-1-3-11(10)6-13/h4-6,12,16H,1-3,7-9H2. The third-order valence-corrected chi connectivity index (χ3v) is 3.65. The summed E-state index contributed by atoms with van der Waals surface area (Å²) < 4.78 is 5.51. The molecule has 18 heavy (non-hydrogen) atoms. The fourth-order valence-electron chi connectivity index (χ4n) is 2.53. The number of carbonyl (C=O) groups is 1. The Morgan fingerprint density at radius 3 is 2.89 bits per heavy atom. The average Bonchev–Trinajstić information content (AvgIpc) is 2.79. The van der Waals surface area contributed by atoms with Gasteiger partial charge < -0.3 is 14.7 Å². The molecule has 2 aliphatic rings. The number of β-amino-alcohol motifs (C(OH)–C–C–N with tert-alkyl or cyclic N) is 1. The van der Waals surface area contributed by atoms with Gasteiger partial charge in [0.15, 0.2) is 6.61 Å². The van der Waals surface area contributed by atoms with Crippen molar-refractivity contribution < 1.29 is 14.6 Å². The third-order valence-electron chi connectivity index (χ3n) is 3.65. The molecule has 96 valence electrons. The first kappa shape index (κ1) is 11.5. The van der Waals surface area contributed by atoms with E-state index in [0.29, 0.717) is 13.1 Å². The van der Waals surface area contributed by atoms with Crippen LogP contribution in [0.4, 0.5) is 0 Å². The van der Waals surface area contributed by atoms with Gasteiger partial charge in [-0.05, 0) is 42.5 Å². The zero-order valence-electron chi connectivity index (χ0n) is 10.3. The summed E-state index contributed by atoms with van der Waals surface area (Å²) in [5.74, 6) is 0.714. The van der Waals surface area contributed by atoms with Crippen LogP contribution in [0.5, 0.6) is 5.75 Å². The molecule has 0 aromatic heterocycles. The Kier molecular flexibility index (Phi) is 2.96. The summed E-state index contributed by atoms with van der Waals surface area (Å²) in [5.41, 5.74) is 2.75. The molecule has 4 nitrogen and oxygen atoms in total. The Hall–Kier alpha value is -1.55. The SMILES string of the molecule is O=C(COc1ccc2c(c1)CCC2)N1CC(O)C1. The zero-order valence-corrected chi connectivity index (χ0v) is 10.3. The Balaban J connectivity index is 1.55. The maximum atomic E-state index is 11.7. The highest BCUT2D eigenvalue weighted by Crippen LogP contribution is 2.26. The van der Waals surface area contributed by atoms with Crippen molar-refractivity contribution >= 4 is 5.91 Å². The number of hydrogen-bond donors (Lipinski definition) is 1. The van der Waals surface area contributed by atoms with Gasteiger partial charge >= 0.3 is 0 Å². The molecule has 1 saturated heterocycles. The molecule has 1 aliphatic carbocycles. The van der Waals surface area contributed by atoms with E-state index in [0.717, 1.165) is 18.6 Å². The normalized spacial score (nSPS) is 18.4. The van der Waals surface area contributed by atoms with Crippen molar-refractivity contribution in [1.82, 2.24) is 4.90 Å². The summed E-state index contributed by atoms with van der Waals surface area (Å²) in [4.78, 5) is 13.3. The molecule has 3 rings (SSSR count). The smallest absolute Gasteiger partial charge is 0.260 e. The van der Waals surface area contributed by atoms with Gasteiger partial charge in [0.2, 0.25) is 0 Å². The van der Waals surface area contributed by atoms with E-state index >= 15 is 0 Å². The number of aliphatic hydroxyl groups excluding tert-OH is 1. The number of ether oxygens (including phenoxy) is 1. The van der Waals surface area contributed by atoms with Crippen LogP contribution >= 0.6 is 0 Å². The lowest BCUT2D eigenvalue weighted by atomic mass is 10.1. The van der Waals surface area contributed by atoms with Crippen LogP contribution in [-0.4, -0.2) is 41.7 Å². The van der Waals surface area contributed by atoms with Crippen molar-refractivity contribution in [2.24, 2.45) is 0 Å². The molecule has 1 N–H and O–H groups in total. The van der Waals surface area contributed by atoms with E-state index in [1.807, 2.05) is 12.1 Å². The van der Waals surface area contributed by atoms with Crippen LogP contribution in [0.25, 0.3) is 0 Å². The van der Waals surface area contributed by atoms with Crippen LogP contribution in [0.3, 0.4) is 0 Å². The van der Waals surface area contributed by atoms with Crippen LogP contribution in [-0.2, 0) is 17.6 Å². The summed E-state index contributed by atoms with van der Waals surface area (Å²) in [6.07, 6.45) is 3.12. The molecular weight excluding hydrogens is 230 g/mol. The van der Waals surface area contributed by atoms with Gasteiger partial charge in [-0.3, -0.25) is 4.79 Å². The number of aryl methyl sites for hydroxylation is 2. The molecule has 0 saturated carbocycles. The van der Waals surface area contributed by atoms with Crippen molar-refractivity contribution in [2.75, 3.05) is 19.7 Å². The summed E-state index contributed by atoms with van der Waals surface area (Å²) in [6, 6.07) is 6.07. The van der Waals surface area contributed by atoms with Gasteiger partial charge in [-0.1, -0.05) is 6.07 Å². The molecule has 4 heteroatoms. The minimum absolute atomic E-state index is 0.0548. The highest BCUT2D eigenvalue weighted by molar-refractivity contribution is 5.78. The van der Waals surface area contributed by atoms with E-state index in [4.69, 9.17) is 9.84 Å². The minimum Gasteiger partial charge on any atom is -0.484 e. The summed E-state index contributed by atoms with van der Waals surface area (Å²) >= 11 is 0.